The van der Waals surface area contributed by atoms with Crippen LogP contribution >= 0.6 is 22.9 Å². The lowest BCUT2D eigenvalue weighted by atomic mass is 9.95. The molecule has 0 saturated carbocycles. The number of ether oxygens (including phenoxy) is 3. The van der Waals surface area contributed by atoms with Gasteiger partial charge in [-0.1, -0.05) is 52.8 Å². The highest BCUT2D eigenvalue weighted by Crippen LogP contribution is 2.31. The zero-order chi connectivity index (χ0) is 27.4. The summed E-state index contributed by atoms with van der Waals surface area (Å²) in [5.41, 5.74) is 2.81. The maximum absolute atomic E-state index is 13.8. The predicted octanol–water partition coefficient (Wildman–Crippen LogP) is 3.70. The predicted molar refractivity (Wildman–Crippen MR) is 145 cm³/mol. The molecule has 10 heteroatoms. The van der Waals surface area contributed by atoms with Gasteiger partial charge in [0.25, 0.3) is 5.56 Å². The van der Waals surface area contributed by atoms with Crippen LogP contribution in [0, 0.1) is 6.92 Å². The molecule has 0 spiro atoms. The fraction of sp³-hybridized carbons (Fsp3) is 0.286. The van der Waals surface area contributed by atoms with Gasteiger partial charge in [-0.2, -0.15) is 0 Å². The smallest absolute Gasteiger partial charge is 0.344 e. The van der Waals surface area contributed by atoms with Crippen molar-refractivity contribution in [2.75, 3.05) is 19.8 Å². The van der Waals surface area contributed by atoms with Crippen LogP contribution in [-0.4, -0.2) is 36.3 Å². The van der Waals surface area contributed by atoms with Crippen molar-refractivity contribution in [2.45, 2.75) is 33.7 Å². The quantitative estimate of drug-likeness (QED) is 0.394. The molecular formula is C28H27ClN2O6S. The molecular weight excluding hydrogens is 528 g/mol. The van der Waals surface area contributed by atoms with E-state index in [4.69, 9.17) is 25.8 Å². The van der Waals surface area contributed by atoms with Gasteiger partial charge in [-0.15, -0.1) is 0 Å². The van der Waals surface area contributed by atoms with E-state index in [2.05, 4.69) is 4.99 Å². The number of halogens is 1. The molecule has 4 rings (SSSR count). The van der Waals surface area contributed by atoms with E-state index in [0.29, 0.717) is 36.9 Å². The van der Waals surface area contributed by atoms with Crippen LogP contribution in [0.1, 0.15) is 43.5 Å². The van der Waals surface area contributed by atoms with Gasteiger partial charge in [-0.3, -0.25) is 9.36 Å². The summed E-state index contributed by atoms with van der Waals surface area (Å²) in [6, 6.07) is 11.9. The molecule has 0 radical (unpaired) electrons. The van der Waals surface area contributed by atoms with E-state index in [9.17, 15) is 14.4 Å². The topological polar surface area (TPSA) is 96.2 Å². The number of rotatable bonds is 8. The number of hydrogen-bond acceptors (Lipinski definition) is 8. The largest absolute Gasteiger partial charge is 0.481 e. The van der Waals surface area contributed by atoms with Crippen LogP contribution in [0.2, 0.25) is 5.02 Å². The lowest BCUT2D eigenvalue weighted by Gasteiger charge is -2.24. The van der Waals surface area contributed by atoms with Crippen molar-refractivity contribution in [1.82, 2.24) is 4.57 Å². The number of carbonyl (C=O) groups is 2. The highest BCUT2D eigenvalue weighted by atomic mass is 35.5. The minimum Gasteiger partial charge on any atom is -0.481 e. The number of thiazole rings is 1. The number of allylic oxidation sites excluding steroid dienone is 1. The summed E-state index contributed by atoms with van der Waals surface area (Å²) < 4.78 is 17.8. The number of nitrogens with zero attached hydrogens (tertiary/aromatic N) is 2. The van der Waals surface area contributed by atoms with Gasteiger partial charge < -0.3 is 14.2 Å². The highest BCUT2D eigenvalue weighted by Gasteiger charge is 2.33. The molecule has 0 N–H and O–H groups in total. The fourth-order valence-corrected chi connectivity index (χ4v) is 5.32. The zero-order valence-electron chi connectivity index (χ0n) is 21.4. The van der Waals surface area contributed by atoms with E-state index in [0.717, 1.165) is 11.1 Å². The third-order valence-electron chi connectivity index (χ3n) is 5.82. The van der Waals surface area contributed by atoms with Crippen molar-refractivity contribution in [1.29, 1.82) is 0 Å². The van der Waals surface area contributed by atoms with Crippen LogP contribution in [0.25, 0.3) is 6.08 Å². The molecule has 8 nitrogen and oxygen atoms in total. The molecule has 1 aromatic heterocycles. The minimum atomic E-state index is -0.702. The molecule has 1 atom stereocenters. The molecule has 1 aliphatic heterocycles. The Labute approximate surface area is 228 Å². The number of carbonyl (C=O) groups excluding carboxylic acids is 2. The molecule has 198 valence electrons. The number of aromatic nitrogens is 1. The van der Waals surface area contributed by atoms with Crippen LogP contribution in [0.3, 0.4) is 0 Å². The summed E-state index contributed by atoms with van der Waals surface area (Å²) >= 11 is 7.42. The molecule has 0 saturated heterocycles. The normalized spacial score (nSPS) is 15.1. The third-order valence-corrected chi connectivity index (χ3v) is 7.04. The Kier molecular flexibility index (Phi) is 8.48. The molecule has 0 fully saturated rings. The Morgan fingerprint density at radius 2 is 1.79 bits per heavy atom. The van der Waals surface area contributed by atoms with Crippen molar-refractivity contribution < 1.29 is 23.8 Å². The van der Waals surface area contributed by atoms with Gasteiger partial charge in [0.1, 0.15) is 5.75 Å². The summed E-state index contributed by atoms with van der Waals surface area (Å²) in [5.74, 6) is -0.655. The number of fused-ring (bicyclic) bond motifs is 1. The standard InChI is InChI=1S/C28H27ClN2O6S/c1-5-35-23(32)15-37-21-12-11-20(29)13-19(21)14-22-26(33)31-25(18-9-7-16(3)8-10-18)24(27(34)36-6-2)17(4)30-28(31)38-22/h7-14,25H,5-6,15H2,1-4H3/b22-14-/t25-/m1/s1. The fourth-order valence-electron chi connectivity index (χ4n) is 4.10. The van der Waals surface area contributed by atoms with Gasteiger partial charge >= 0.3 is 11.9 Å². The first-order valence-corrected chi connectivity index (χ1v) is 13.3. The van der Waals surface area contributed by atoms with Gasteiger partial charge in [0.05, 0.1) is 35.1 Å². The first-order valence-electron chi connectivity index (χ1n) is 12.1. The summed E-state index contributed by atoms with van der Waals surface area (Å²) in [4.78, 5) is 43.7. The lowest BCUT2D eigenvalue weighted by Crippen LogP contribution is -2.39. The van der Waals surface area contributed by atoms with Gasteiger partial charge in [0.2, 0.25) is 0 Å². The Bertz CT molecular complexity index is 1590. The maximum Gasteiger partial charge on any atom is 0.344 e. The van der Waals surface area contributed by atoms with Crippen LogP contribution in [-0.2, 0) is 19.1 Å². The van der Waals surface area contributed by atoms with Gasteiger partial charge in [0, 0.05) is 10.6 Å². The average Bonchev–Trinajstić information content (AvgIpc) is 3.17. The van der Waals surface area contributed by atoms with E-state index in [1.807, 2.05) is 31.2 Å². The molecule has 0 aliphatic carbocycles. The van der Waals surface area contributed by atoms with E-state index in [1.165, 1.54) is 15.9 Å². The number of benzene rings is 2. The van der Waals surface area contributed by atoms with Crippen molar-refractivity contribution in [2.24, 2.45) is 4.99 Å². The van der Waals surface area contributed by atoms with Crippen molar-refractivity contribution in [3.8, 4) is 5.75 Å². The molecule has 38 heavy (non-hydrogen) atoms. The molecule has 1 aliphatic rings. The average molecular weight is 555 g/mol. The van der Waals surface area contributed by atoms with E-state index >= 15 is 0 Å². The summed E-state index contributed by atoms with van der Waals surface area (Å²) in [5, 5.41) is 0.436. The second kappa shape index (κ2) is 11.8. The van der Waals surface area contributed by atoms with Crippen LogP contribution < -0.4 is 19.6 Å². The molecule has 0 amide bonds. The van der Waals surface area contributed by atoms with Crippen LogP contribution in [0.5, 0.6) is 5.75 Å². The lowest BCUT2D eigenvalue weighted by molar-refractivity contribution is -0.145. The Balaban J connectivity index is 1.86. The zero-order valence-corrected chi connectivity index (χ0v) is 23.0. The first-order chi connectivity index (χ1) is 18.2. The molecule has 2 heterocycles. The summed E-state index contributed by atoms with van der Waals surface area (Å²) in [6.07, 6.45) is 1.64. The first kappa shape index (κ1) is 27.3. The Hall–Kier alpha value is -3.69. The van der Waals surface area contributed by atoms with Crippen molar-refractivity contribution >= 4 is 41.0 Å². The van der Waals surface area contributed by atoms with Gasteiger partial charge in [-0.05, 0) is 57.5 Å². The van der Waals surface area contributed by atoms with E-state index in [1.54, 1.807) is 45.0 Å². The third kappa shape index (κ3) is 5.74. The molecule has 3 aromatic rings. The number of hydrogen-bond donors (Lipinski definition) is 0. The van der Waals surface area contributed by atoms with E-state index in [-0.39, 0.29) is 25.4 Å². The van der Waals surface area contributed by atoms with Crippen molar-refractivity contribution in [3.63, 3.8) is 0 Å². The summed E-state index contributed by atoms with van der Waals surface area (Å²) in [7, 11) is 0. The van der Waals surface area contributed by atoms with E-state index < -0.39 is 18.0 Å². The molecule has 0 unspecified atom stereocenters. The second-order valence-corrected chi connectivity index (χ2v) is 9.93. The highest BCUT2D eigenvalue weighted by molar-refractivity contribution is 7.07. The van der Waals surface area contributed by atoms with Crippen LogP contribution in [0.15, 0.2) is 63.5 Å². The Morgan fingerprint density at radius 3 is 2.47 bits per heavy atom. The molecule has 2 aromatic carbocycles. The summed E-state index contributed by atoms with van der Waals surface area (Å²) in [6.45, 7) is 7.31. The number of aryl methyl sites for hydroxylation is 1. The monoisotopic (exact) mass is 554 g/mol. The SMILES string of the molecule is CCOC(=O)COc1ccc(Cl)cc1/C=c1\sc2n(c1=O)[C@H](c1ccc(C)cc1)C(C(=O)OCC)=C(C)N=2. The Morgan fingerprint density at radius 1 is 1.08 bits per heavy atom. The second-order valence-electron chi connectivity index (χ2n) is 8.49. The number of esters is 2. The maximum atomic E-state index is 13.8. The van der Waals surface area contributed by atoms with Crippen molar-refractivity contribution in [3.05, 3.63) is 95.1 Å². The van der Waals surface area contributed by atoms with Gasteiger partial charge in [-0.25, -0.2) is 14.6 Å². The van der Waals surface area contributed by atoms with Crippen LogP contribution in [0.4, 0.5) is 0 Å². The minimum absolute atomic E-state index is 0.198. The molecule has 0 bridgehead atoms. The van der Waals surface area contributed by atoms with Gasteiger partial charge in [0.15, 0.2) is 11.4 Å².